The maximum Gasteiger partial charge on any atom is 0.155 e. The fourth-order valence-corrected chi connectivity index (χ4v) is 4.05. The zero-order valence-corrected chi connectivity index (χ0v) is 21.2. The van der Waals surface area contributed by atoms with Crippen LogP contribution in [-0.4, -0.2) is 35.6 Å². The van der Waals surface area contributed by atoms with Crippen molar-refractivity contribution in [2.24, 2.45) is 0 Å². The highest BCUT2D eigenvalue weighted by molar-refractivity contribution is 5.65. The van der Waals surface area contributed by atoms with Crippen LogP contribution >= 0.6 is 0 Å². The Bertz CT molecular complexity index is 1500. The first kappa shape index (κ1) is 24.1. The second kappa shape index (κ2) is 10.1. The van der Waals surface area contributed by atoms with Crippen LogP contribution < -0.4 is 10.1 Å². The van der Waals surface area contributed by atoms with E-state index in [0.717, 1.165) is 34.0 Å². The third-order valence-corrected chi connectivity index (χ3v) is 6.21. The van der Waals surface area contributed by atoms with Gasteiger partial charge in [-0.05, 0) is 77.2 Å². The summed E-state index contributed by atoms with van der Waals surface area (Å²) in [5, 5.41) is 17.6. The number of nitrogens with zero attached hydrogens (tertiary/aromatic N) is 6. The summed E-state index contributed by atoms with van der Waals surface area (Å²) in [5.41, 5.74) is 5.35. The Morgan fingerprint density at radius 2 is 1.84 bits per heavy atom. The highest BCUT2D eigenvalue weighted by Gasteiger charge is 2.23. The van der Waals surface area contributed by atoms with Crippen molar-refractivity contribution in [2.45, 2.75) is 39.5 Å². The first-order valence-electron chi connectivity index (χ1n) is 12.0. The van der Waals surface area contributed by atoms with E-state index < -0.39 is 0 Å². The molecule has 0 spiro atoms. The third-order valence-electron chi connectivity index (χ3n) is 6.21. The number of aromatic amines is 1. The molecule has 5 rings (SSSR count). The minimum atomic E-state index is -0.171. The van der Waals surface area contributed by atoms with Gasteiger partial charge in [0.1, 0.15) is 23.1 Å². The fourth-order valence-electron chi connectivity index (χ4n) is 4.05. The van der Waals surface area contributed by atoms with Crippen molar-refractivity contribution in [1.29, 1.82) is 0 Å². The number of benzene rings is 1. The molecule has 0 aliphatic carbocycles. The standard InChI is InChI=1S/C28H28N8O/c1-18-14-24(27(31-19(18)2)23-10-5-6-12-29-23)37-22-11-13-30-25(16-22)32-21-9-7-8-20(15-21)28(3,4)17-26-33-35-36-34-26/h5-16H,17H2,1-4H3,(H,30,32)(H,33,34,35,36). The number of pyridine rings is 3. The quantitative estimate of drug-likeness (QED) is 0.282. The van der Waals surface area contributed by atoms with E-state index in [0.29, 0.717) is 29.4 Å². The molecule has 2 N–H and O–H groups in total. The van der Waals surface area contributed by atoms with E-state index in [1.807, 2.05) is 62.4 Å². The van der Waals surface area contributed by atoms with Gasteiger partial charge in [0.15, 0.2) is 5.75 Å². The molecule has 186 valence electrons. The van der Waals surface area contributed by atoms with Crippen LogP contribution in [0.15, 0.2) is 73.1 Å². The van der Waals surface area contributed by atoms with Gasteiger partial charge in [-0.3, -0.25) is 4.98 Å². The van der Waals surface area contributed by atoms with Crippen molar-refractivity contribution in [3.8, 4) is 22.9 Å². The first-order valence-corrected chi connectivity index (χ1v) is 12.0. The van der Waals surface area contributed by atoms with Crippen LogP contribution in [0.3, 0.4) is 0 Å². The first-order chi connectivity index (χ1) is 17.9. The Kier molecular flexibility index (Phi) is 6.59. The van der Waals surface area contributed by atoms with E-state index in [1.54, 1.807) is 12.4 Å². The molecule has 0 bridgehead atoms. The molecule has 1 aromatic carbocycles. The number of tetrazole rings is 1. The zero-order valence-electron chi connectivity index (χ0n) is 21.2. The van der Waals surface area contributed by atoms with E-state index in [9.17, 15) is 0 Å². The van der Waals surface area contributed by atoms with Crippen LogP contribution in [0.1, 0.15) is 36.5 Å². The molecule has 4 heterocycles. The molecular weight excluding hydrogens is 464 g/mol. The van der Waals surface area contributed by atoms with Crippen LogP contribution in [0.25, 0.3) is 11.4 Å². The summed E-state index contributed by atoms with van der Waals surface area (Å²) < 4.78 is 6.31. The molecule has 0 saturated heterocycles. The van der Waals surface area contributed by atoms with Crippen molar-refractivity contribution in [2.75, 3.05) is 5.32 Å². The van der Waals surface area contributed by atoms with Crippen molar-refractivity contribution in [3.05, 3.63) is 95.7 Å². The largest absolute Gasteiger partial charge is 0.455 e. The Balaban J connectivity index is 1.38. The molecule has 9 nitrogen and oxygen atoms in total. The summed E-state index contributed by atoms with van der Waals surface area (Å²) in [5.74, 6) is 2.71. The highest BCUT2D eigenvalue weighted by Crippen LogP contribution is 2.34. The minimum absolute atomic E-state index is 0.171. The number of H-pyrrole nitrogens is 1. The van der Waals surface area contributed by atoms with Crippen molar-refractivity contribution < 1.29 is 4.74 Å². The summed E-state index contributed by atoms with van der Waals surface area (Å²) in [7, 11) is 0. The molecule has 0 radical (unpaired) electrons. The molecular formula is C28H28N8O. The number of nitrogens with one attached hydrogen (secondary N) is 2. The lowest BCUT2D eigenvalue weighted by atomic mass is 9.81. The molecule has 37 heavy (non-hydrogen) atoms. The Hall–Kier alpha value is -4.66. The summed E-state index contributed by atoms with van der Waals surface area (Å²) in [6, 6.07) is 19.7. The summed E-state index contributed by atoms with van der Waals surface area (Å²) in [4.78, 5) is 13.7. The number of aromatic nitrogens is 7. The molecule has 0 saturated carbocycles. The Morgan fingerprint density at radius 1 is 0.946 bits per heavy atom. The lowest BCUT2D eigenvalue weighted by Gasteiger charge is -2.24. The third kappa shape index (κ3) is 5.61. The summed E-state index contributed by atoms with van der Waals surface area (Å²) in [6.45, 7) is 8.33. The van der Waals surface area contributed by atoms with Gasteiger partial charge in [0, 0.05) is 36.3 Å². The number of hydrogen-bond donors (Lipinski definition) is 2. The lowest BCUT2D eigenvalue weighted by molar-refractivity contribution is 0.481. The van der Waals surface area contributed by atoms with Gasteiger partial charge in [-0.2, -0.15) is 0 Å². The van der Waals surface area contributed by atoms with Crippen molar-refractivity contribution in [1.82, 2.24) is 35.6 Å². The molecule has 9 heteroatoms. The molecule has 5 aromatic rings. The number of rotatable bonds is 8. The fraction of sp³-hybridized carbons (Fsp3) is 0.214. The molecule has 0 amide bonds. The average Bonchev–Trinajstić information content (AvgIpc) is 3.39. The summed E-state index contributed by atoms with van der Waals surface area (Å²) >= 11 is 0. The van der Waals surface area contributed by atoms with Gasteiger partial charge in [-0.1, -0.05) is 32.0 Å². The van der Waals surface area contributed by atoms with Gasteiger partial charge in [0.05, 0.1) is 5.69 Å². The normalized spacial score (nSPS) is 11.4. The van der Waals surface area contributed by atoms with E-state index in [2.05, 4.69) is 61.9 Å². The average molecular weight is 493 g/mol. The van der Waals surface area contributed by atoms with Crippen molar-refractivity contribution in [3.63, 3.8) is 0 Å². The minimum Gasteiger partial charge on any atom is -0.455 e. The second-order valence-corrected chi connectivity index (χ2v) is 9.55. The smallest absolute Gasteiger partial charge is 0.155 e. The zero-order chi connectivity index (χ0) is 25.8. The Labute approximate surface area is 215 Å². The molecule has 0 aliphatic heterocycles. The molecule has 0 unspecified atom stereocenters. The predicted molar refractivity (Wildman–Crippen MR) is 142 cm³/mol. The van der Waals surface area contributed by atoms with Gasteiger partial charge in [-0.15, -0.1) is 5.10 Å². The number of hydrogen-bond acceptors (Lipinski definition) is 8. The van der Waals surface area contributed by atoms with Crippen LogP contribution in [0.4, 0.5) is 11.5 Å². The van der Waals surface area contributed by atoms with E-state index in [4.69, 9.17) is 9.72 Å². The number of anilines is 2. The highest BCUT2D eigenvalue weighted by atomic mass is 16.5. The van der Waals surface area contributed by atoms with Crippen LogP contribution in [0, 0.1) is 13.8 Å². The van der Waals surface area contributed by atoms with E-state index in [-0.39, 0.29) is 5.41 Å². The van der Waals surface area contributed by atoms with Crippen molar-refractivity contribution >= 4 is 11.5 Å². The maximum absolute atomic E-state index is 6.31. The van der Waals surface area contributed by atoms with Crippen LogP contribution in [0.2, 0.25) is 0 Å². The molecule has 4 aromatic heterocycles. The second-order valence-electron chi connectivity index (χ2n) is 9.55. The van der Waals surface area contributed by atoms with Gasteiger partial charge in [-0.25, -0.2) is 15.1 Å². The number of aryl methyl sites for hydroxylation is 2. The topological polar surface area (TPSA) is 114 Å². The Morgan fingerprint density at radius 3 is 2.62 bits per heavy atom. The number of ether oxygens (including phenoxy) is 1. The SMILES string of the molecule is Cc1cc(Oc2ccnc(Nc3cccc(C(C)(C)Cc4nnn[nH]4)c3)c2)c(-c2ccccn2)nc1C. The van der Waals surface area contributed by atoms with Gasteiger partial charge in [0.25, 0.3) is 0 Å². The molecule has 0 fully saturated rings. The predicted octanol–water partition coefficient (Wildman–Crippen LogP) is 5.72. The molecule has 0 atom stereocenters. The van der Waals surface area contributed by atoms with E-state index >= 15 is 0 Å². The van der Waals surface area contributed by atoms with Crippen LogP contribution in [0.5, 0.6) is 11.5 Å². The monoisotopic (exact) mass is 492 g/mol. The maximum atomic E-state index is 6.31. The van der Waals surface area contributed by atoms with Gasteiger partial charge >= 0.3 is 0 Å². The lowest BCUT2D eigenvalue weighted by Crippen LogP contribution is -2.21. The van der Waals surface area contributed by atoms with Crippen LogP contribution in [-0.2, 0) is 11.8 Å². The molecule has 0 aliphatic rings. The van der Waals surface area contributed by atoms with Gasteiger partial charge in [0.2, 0.25) is 0 Å². The van der Waals surface area contributed by atoms with E-state index in [1.165, 1.54) is 0 Å². The van der Waals surface area contributed by atoms with Gasteiger partial charge < -0.3 is 10.1 Å². The summed E-state index contributed by atoms with van der Waals surface area (Å²) in [6.07, 6.45) is 4.16.